The van der Waals surface area contributed by atoms with E-state index in [1.165, 1.54) is 6.33 Å². The fourth-order valence-corrected chi connectivity index (χ4v) is 0.726. The van der Waals surface area contributed by atoms with Gasteiger partial charge >= 0.3 is 0 Å². The molecule has 4 heteroatoms. The minimum Gasteiger partial charge on any atom is -0.491 e. The summed E-state index contributed by atoms with van der Waals surface area (Å²) in [7, 11) is 0. The van der Waals surface area contributed by atoms with Gasteiger partial charge in [0.1, 0.15) is 6.07 Å². The van der Waals surface area contributed by atoms with Gasteiger partial charge in [-0.3, -0.25) is 0 Å². The summed E-state index contributed by atoms with van der Waals surface area (Å²) in [5.74, 6) is -0.190. The predicted molar refractivity (Wildman–Crippen MR) is 34.3 cm³/mol. The zero-order valence-electron chi connectivity index (χ0n) is 5.57. The number of imidazole rings is 1. The molecule has 1 aromatic heterocycles. The van der Waals surface area contributed by atoms with Crippen LogP contribution in [0.25, 0.3) is 0 Å². The quantitative estimate of drug-likeness (QED) is 0.612. The molecule has 0 fully saturated rings. The van der Waals surface area contributed by atoms with E-state index >= 15 is 0 Å². The van der Waals surface area contributed by atoms with Gasteiger partial charge in [-0.2, -0.15) is 5.26 Å². The number of rotatable bonds is 1. The number of aryl methyl sites for hydroxylation is 1. The molecule has 0 bridgehead atoms. The number of aromatic nitrogens is 2. The van der Waals surface area contributed by atoms with Gasteiger partial charge in [0.15, 0.2) is 5.69 Å². The summed E-state index contributed by atoms with van der Waals surface area (Å²) in [6.07, 6.45) is 1.44. The molecule has 0 saturated carbocycles. The van der Waals surface area contributed by atoms with Crippen molar-refractivity contribution >= 4 is 0 Å². The first kappa shape index (κ1) is 6.62. The van der Waals surface area contributed by atoms with Gasteiger partial charge in [0, 0.05) is 6.54 Å². The lowest BCUT2D eigenvalue weighted by Crippen LogP contribution is -1.94. The average molecular weight is 137 g/mol. The third-order valence-corrected chi connectivity index (χ3v) is 1.27. The number of nitrogens with zero attached hydrogens (tertiary/aromatic N) is 3. The molecule has 1 aromatic rings. The molecule has 0 radical (unpaired) electrons. The maximum atomic E-state index is 8.91. The van der Waals surface area contributed by atoms with Crippen molar-refractivity contribution in [2.75, 3.05) is 0 Å². The smallest absolute Gasteiger partial charge is 0.248 e. The molecule has 0 saturated heterocycles. The Morgan fingerprint density at radius 1 is 1.90 bits per heavy atom. The standard InChI is InChI=1S/C6H7N3O/c1-2-9-4-8-6(10)5(9)3-7/h4,10H,2H2,1H3. The van der Waals surface area contributed by atoms with E-state index in [2.05, 4.69) is 4.98 Å². The molecule has 10 heavy (non-hydrogen) atoms. The fraction of sp³-hybridized carbons (Fsp3) is 0.333. The summed E-state index contributed by atoms with van der Waals surface area (Å²) in [5.41, 5.74) is 0.225. The number of hydrogen-bond donors (Lipinski definition) is 1. The summed E-state index contributed by atoms with van der Waals surface area (Å²) < 4.78 is 1.58. The third kappa shape index (κ3) is 0.818. The molecule has 1 N–H and O–H groups in total. The molecule has 0 aliphatic carbocycles. The molecule has 0 atom stereocenters. The highest BCUT2D eigenvalue weighted by molar-refractivity contribution is 5.30. The van der Waals surface area contributed by atoms with Gasteiger partial charge in [-0.25, -0.2) is 4.98 Å². The molecule has 0 spiro atoms. The van der Waals surface area contributed by atoms with Gasteiger partial charge < -0.3 is 9.67 Å². The molecular formula is C6H7N3O. The Hall–Kier alpha value is -1.50. The molecule has 4 nitrogen and oxygen atoms in total. The normalized spacial score (nSPS) is 9.20. The van der Waals surface area contributed by atoms with Crippen molar-refractivity contribution in [2.24, 2.45) is 0 Å². The van der Waals surface area contributed by atoms with Crippen molar-refractivity contribution < 1.29 is 5.11 Å². The molecular weight excluding hydrogens is 130 g/mol. The van der Waals surface area contributed by atoms with Crippen molar-refractivity contribution in [2.45, 2.75) is 13.5 Å². The Bertz CT molecular complexity index is 271. The van der Waals surface area contributed by atoms with Crippen molar-refractivity contribution in [1.29, 1.82) is 5.26 Å². The molecule has 52 valence electrons. The van der Waals surface area contributed by atoms with E-state index < -0.39 is 0 Å². The van der Waals surface area contributed by atoms with Gasteiger partial charge in [0.25, 0.3) is 0 Å². The SMILES string of the molecule is CCn1cnc(O)c1C#N. The highest BCUT2D eigenvalue weighted by atomic mass is 16.3. The first-order chi connectivity index (χ1) is 4.79. The van der Waals surface area contributed by atoms with Crippen LogP contribution in [0.15, 0.2) is 6.33 Å². The number of aromatic hydroxyl groups is 1. The highest BCUT2D eigenvalue weighted by Gasteiger charge is 2.05. The predicted octanol–water partition coefficient (Wildman–Crippen LogP) is 0.480. The van der Waals surface area contributed by atoms with Gasteiger partial charge in [0.2, 0.25) is 5.88 Å². The summed E-state index contributed by atoms with van der Waals surface area (Å²) in [4.78, 5) is 3.55. The van der Waals surface area contributed by atoms with Crippen molar-refractivity contribution in [3.63, 3.8) is 0 Å². The van der Waals surface area contributed by atoms with Crippen molar-refractivity contribution in [3.05, 3.63) is 12.0 Å². The van der Waals surface area contributed by atoms with Crippen molar-refractivity contribution in [1.82, 2.24) is 9.55 Å². The Kier molecular flexibility index (Phi) is 1.59. The van der Waals surface area contributed by atoms with Gasteiger partial charge in [0.05, 0.1) is 6.33 Å². The number of nitriles is 1. The first-order valence-electron chi connectivity index (χ1n) is 2.93. The molecule has 0 aromatic carbocycles. The van der Waals surface area contributed by atoms with E-state index in [1.54, 1.807) is 4.57 Å². The van der Waals surface area contributed by atoms with E-state index in [0.29, 0.717) is 6.54 Å². The zero-order chi connectivity index (χ0) is 7.56. The Balaban J connectivity index is 3.17. The maximum Gasteiger partial charge on any atom is 0.248 e. The fourth-order valence-electron chi connectivity index (χ4n) is 0.726. The largest absolute Gasteiger partial charge is 0.491 e. The summed E-state index contributed by atoms with van der Waals surface area (Å²) in [5, 5.41) is 17.4. The molecule has 0 unspecified atom stereocenters. The topological polar surface area (TPSA) is 61.8 Å². The second-order valence-electron chi connectivity index (χ2n) is 1.81. The van der Waals surface area contributed by atoms with Crippen LogP contribution >= 0.6 is 0 Å². The van der Waals surface area contributed by atoms with E-state index in [-0.39, 0.29) is 11.6 Å². The summed E-state index contributed by atoms with van der Waals surface area (Å²) >= 11 is 0. The van der Waals surface area contributed by atoms with Crippen LogP contribution in [0.5, 0.6) is 5.88 Å². The van der Waals surface area contributed by atoms with Gasteiger partial charge in [-0.15, -0.1) is 0 Å². The first-order valence-corrected chi connectivity index (χ1v) is 2.93. The van der Waals surface area contributed by atoms with Crippen LogP contribution in [-0.4, -0.2) is 14.7 Å². The van der Waals surface area contributed by atoms with Crippen molar-refractivity contribution in [3.8, 4) is 11.9 Å². The molecule has 1 rings (SSSR count). The van der Waals surface area contributed by atoms with E-state index in [4.69, 9.17) is 10.4 Å². The van der Waals surface area contributed by atoms with Gasteiger partial charge in [-0.1, -0.05) is 0 Å². The van der Waals surface area contributed by atoms with Crippen LogP contribution in [0.2, 0.25) is 0 Å². The Morgan fingerprint density at radius 2 is 2.60 bits per heavy atom. The van der Waals surface area contributed by atoms with Crippen LogP contribution < -0.4 is 0 Å². The lowest BCUT2D eigenvalue weighted by atomic mass is 10.5. The van der Waals surface area contributed by atoms with Crippen LogP contribution in [0.4, 0.5) is 0 Å². The van der Waals surface area contributed by atoms with Crippen LogP contribution in [0, 0.1) is 11.3 Å². The third-order valence-electron chi connectivity index (χ3n) is 1.27. The monoisotopic (exact) mass is 137 g/mol. The minimum absolute atomic E-state index is 0.190. The van der Waals surface area contributed by atoms with E-state index in [9.17, 15) is 0 Å². The zero-order valence-corrected chi connectivity index (χ0v) is 5.57. The Morgan fingerprint density at radius 3 is 3.00 bits per heavy atom. The van der Waals surface area contributed by atoms with Crippen LogP contribution in [-0.2, 0) is 6.54 Å². The average Bonchev–Trinajstić information content (AvgIpc) is 2.30. The van der Waals surface area contributed by atoms with E-state index in [0.717, 1.165) is 0 Å². The van der Waals surface area contributed by atoms with E-state index in [1.807, 2.05) is 13.0 Å². The highest BCUT2D eigenvalue weighted by Crippen LogP contribution is 2.11. The van der Waals surface area contributed by atoms with Crippen LogP contribution in [0.1, 0.15) is 12.6 Å². The van der Waals surface area contributed by atoms with Gasteiger partial charge in [-0.05, 0) is 6.92 Å². The molecule has 0 aliphatic heterocycles. The maximum absolute atomic E-state index is 8.91. The second kappa shape index (κ2) is 2.40. The van der Waals surface area contributed by atoms with Crippen LogP contribution in [0.3, 0.4) is 0 Å². The summed E-state index contributed by atoms with van der Waals surface area (Å²) in [6, 6.07) is 1.85. The Labute approximate surface area is 58.4 Å². The molecule has 0 aliphatic rings. The summed E-state index contributed by atoms with van der Waals surface area (Å²) in [6.45, 7) is 2.53. The second-order valence-corrected chi connectivity index (χ2v) is 1.81. The lowest BCUT2D eigenvalue weighted by Gasteiger charge is -1.93. The molecule has 0 amide bonds. The molecule has 1 heterocycles. The minimum atomic E-state index is -0.190. The number of hydrogen-bond acceptors (Lipinski definition) is 3. The lowest BCUT2D eigenvalue weighted by molar-refractivity contribution is 0.453.